The summed E-state index contributed by atoms with van der Waals surface area (Å²) in [5.41, 5.74) is 4.20. The van der Waals surface area contributed by atoms with E-state index in [4.69, 9.17) is 4.74 Å². The summed E-state index contributed by atoms with van der Waals surface area (Å²) in [6.07, 6.45) is 1.66. The third-order valence-corrected chi connectivity index (χ3v) is 3.50. The van der Waals surface area contributed by atoms with Crippen molar-refractivity contribution in [3.05, 3.63) is 46.5 Å². The van der Waals surface area contributed by atoms with Crippen LogP contribution in [0.4, 0.5) is 5.13 Å². The Morgan fingerprint density at radius 2 is 2.13 bits per heavy atom. The Balaban J connectivity index is 1.89. The lowest BCUT2D eigenvalue weighted by molar-refractivity contribution is -0.255. The third-order valence-electron chi connectivity index (χ3n) is 2.70. The first-order valence-corrected chi connectivity index (χ1v) is 7.67. The largest absolute Gasteiger partial charge is 0.545 e. The Kier molecular flexibility index (Phi) is 5.81. The van der Waals surface area contributed by atoms with Gasteiger partial charge in [0.15, 0.2) is 0 Å². The summed E-state index contributed by atoms with van der Waals surface area (Å²) in [5.74, 6) is -1.54. The highest BCUT2D eigenvalue weighted by atomic mass is 32.1. The summed E-state index contributed by atoms with van der Waals surface area (Å²) < 4.78 is 4.85. The number of carboxylic acids is 1. The number of benzene rings is 1. The number of anilines is 1. The molecular weight excluding hydrogens is 318 g/mol. The molecule has 2 rings (SSSR count). The van der Waals surface area contributed by atoms with Gasteiger partial charge < -0.3 is 14.6 Å². The van der Waals surface area contributed by atoms with Gasteiger partial charge in [0, 0.05) is 5.38 Å². The zero-order valence-corrected chi connectivity index (χ0v) is 13.1. The van der Waals surface area contributed by atoms with Crippen molar-refractivity contribution in [3.63, 3.8) is 0 Å². The molecule has 0 saturated carbocycles. The monoisotopic (exact) mass is 332 g/mol. The van der Waals surface area contributed by atoms with Crippen molar-refractivity contribution < 1.29 is 19.4 Å². The number of carboxylic acid groups (broad SMARTS) is 1. The van der Waals surface area contributed by atoms with E-state index in [9.17, 15) is 14.7 Å². The van der Waals surface area contributed by atoms with Gasteiger partial charge in [-0.05, 0) is 18.1 Å². The Morgan fingerprint density at radius 1 is 1.39 bits per heavy atom. The number of carbonyl (C=O) groups is 2. The third kappa shape index (κ3) is 5.19. The predicted molar refractivity (Wildman–Crippen MR) is 84.4 cm³/mol. The van der Waals surface area contributed by atoms with Crippen molar-refractivity contribution in [1.82, 2.24) is 4.98 Å². The molecule has 0 aliphatic rings. The van der Waals surface area contributed by atoms with E-state index in [-0.39, 0.29) is 18.0 Å². The summed E-state index contributed by atoms with van der Waals surface area (Å²) in [6.45, 7) is 2.09. The molecule has 8 heteroatoms. The Morgan fingerprint density at radius 3 is 2.78 bits per heavy atom. The highest BCUT2D eigenvalue weighted by Crippen LogP contribution is 2.16. The number of carbonyl (C=O) groups excluding carboxylic acids is 2. The van der Waals surface area contributed by atoms with E-state index >= 15 is 0 Å². The van der Waals surface area contributed by atoms with Gasteiger partial charge >= 0.3 is 5.97 Å². The van der Waals surface area contributed by atoms with Crippen molar-refractivity contribution in [1.29, 1.82) is 0 Å². The van der Waals surface area contributed by atoms with E-state index in [1.165, 1.54) is 29.7 Å². The molecule has 0 amide bonds. The first-order valence-electron chi connectivity index (χ1n) is 6.79. The van der Waals surface area contributed by atoms with Crippen LogP contribution in [0, 0.1) is 0 Å². The molecule has 0 spiro atoms. The van der Waals surface area contributed by atoms with Gasteiger partial charge in [-0.15, -0.1) is 11.3 Å². The zero-order chi connectivity index (χ0) is 16.7. The van der Waals surface area contributed by atoms with Crippen LogP contribution in [0.5, 0.6) is 0 Å². The van der Waals surface area contributed by atoms with Crippen molar-refractivity contribution in [2.75, 3.05) is 12.0 Å². The van der Waals surface area contributed by atoms with Crippen molar-refractivity contribution in [2.24, 2.45) is 5.10 Å². The van der Waals surface area contributed by atoms with Gasteiger partial charge in [0.05, 0.1) is 30.9 Å². The van der Waals surface area contributed by atoms with E-state index < -0.39 is 5.97 Å². The number of nitrogens with zero attached hydrogens (tertiary/aromatic N) is 2. The molecule has 23 heavy (non-hydrogen) atoms. The van der Waals surface area contributed by atoms with Crippen molar-refractivity contribution in [2.45, 2.75) is 13.3 Å². The van der Waals surface area contributed by atoms with Gasteiger partial charge in [0.25, 0.3) is 0 Å². The molecule has 1 heterocycles. The number of aromatic nitrogens is 1. The van der Waals surface area contributed by atoms with Crippen LogP contribution >= 0.6 is 11.3 Å². The van der Waals surface area contributed by atoms with Gasteiger partial charge in [-0.25, -0.2) is 4.98 Å². The van der Waals surface area contributed by atoms with Crippen molar-refractivity contribution >= 4 is 34.6 Å². The van der Waals surface area contributed by atoms with Gasteiger partial charge in [-0.2, -0.15) is 5.10 Å². The number of rotatable bonds is 7. The summed E-state index contributed by atoms with van der Waals surface area (Å²) in [5, 5.41) is 16.9. The second-order valence-corrected chi connectivity index (χ2v) is 5.26. The summed E-state index contributed by atoms with van der Waals surface area (Å²) in [6, 6.07) is 6.11. The van der Waals surface area contributed by atoms with Gasteiger partial charge in [0.1, 0.15) is 0 Å². The molecular formula is C15H14N3O4S-. The normalized spacial score (nSPS) is 10.7. The Bertz CT molecular complexity index is 710. The van der Waals surface area contributed by atoms with Crippen LogP contribution in [-0.2, 0) is 16.0 Å². The average molecular weight is 332 g/mol. The minimum Gasteiger partial charge on any atom is -0.545 e. The number of esters is 1. The molecule has 7 nitrogen and oxygen atoms in total. The van der Waals surface area contributed by atoms with Gasteiger partial charge in [0.2, 0.25) is 5.13 Å². The molecule has 2 aromatic rings. The topological polar surface area (TPSA) is 104 Å². The average Bonchev–Trinajstić information content (AvgIpc) is 2.95. The molecule has 1 aromatic carbocycles. The van der Waals surface area contributed by atoms with Gasteiger partial charge in [-0.3, -0.25) is 10.2 Å². The minimum atomic E-state index is -1.22. The van der Waals surface area contributed by atoms with E-state index in [2.05, 4.69) is 15.5 Å². The maximum absolute atomic E-state index is 11.3. The molecule has 0 aliphatic carbocycles. The number of ether oxygens (including phenoxy) is 1. The first-order chi connectivity index (χ1) is 11.1. The standard InChI is InChI=1S/C15H15N3O4S/c1-2-22-13(19)7-12-9-23-15(17-12)18-16-8-10-3-5-11(6-4-10)14(20)21/h3-6,8-9H,2,7H2,1H3,(H,17,18)(H,20,21)/p-1/b16-8-. The van der Waals surface area contributed by atoms with E-state index in [0.717, 1.165) is 5.56 Å². The lowest BCUT2D eigenvalue weighted by atomic mass is 10.1. The first kappa shape index (κ1) is 16.6. The fourth-order valence-corrected chi connectivity index (χ4v) is 2.33. The summed E-state index contributed by atoms with van der Waals surface area (Å²) in [7, 11) is 0. The molecule has 0 unspecified atom stereocenters. The van der Waals surface area contributed by atoms with E-state index in [1.807, 2.05) is 0 Å². The minimum absolute atomic E-state index is 0.110. The second kappa shape index (κ2) is 8.04. The molecule has 1 aromatic heterocycles. The fraction of sp³-hybridized carbons (Fsp3) is 0.200. The maximum atomic E-state index is 11.3. The Labute approximate surface area is 136 Å². The number of hydrazone groups is 1. The molecule has 0 bridgehead atoms. The molecule has 0 saturated heterocycles. The quantitative estimate of drug-likeness (QED) is 0.462. The van der Waals surface area contributed by atoms with Crippen LogP contribution < -0.4 is 10.5 Å². The van der Waals surface area contributed by atoms with Crippen LogP contribution in [0.2, 0.25) is 0 Å². The molecule has 0 radical (unpaired) electrons. The van der Waals surface area contributed by atoms with Crippen LogP contribution in [0.25, 0.3) is 0 Å². The second-order valence-electron chi connectivity index (χ2n) is 4.41. The summed E-state index contributed by atoms with van der Waals surface area (Å²) >= 11 is 1.32. The summed E-state index contributed by atoms with van der Waals surface area (Å²) in [4.78, 5) is 26.2. The highest BCUT2D eigenvalue weighted by molar-refractivity contribution is 7.13. The molecule has 0 fully saturated rings. The lowest BCUT2D eigenvalue weighted by Gasteiger charge is -2.01. The molecule has 0 aliphatic heterocycles. The fourth-order valence-electron chi connectivity index (χ4n) is 1.67. The Hall–Kier alpha value is -2.74. The molecule has 0 atom stereocenters. The zero-order valence-electron chi connectivity index (χ0n) is 12.3. The van der Waals surface area contributed by atoms with Crippen molar-refractivity contribution in [3.8, 4) is 0 Å². The van der Waals surface area contributed by atoms with Crippen LogP contribution in [0.15, 0.2) is 34.7 Å². The molecule has 120 valence electrons. The predicted octanol–water partition coefficient (Wildman–Crippen LogP) is 1.06. The number of aromatic carboxylic acids is 1. The molecule has 1 N–H and O–H groups in total. The highest BCUT2D eigenvalue weighted by Gasteiger charge is 2.07. The number of thiazole rings is 1. The number of hydrogen-bond donors (Lipinski definition) is 1. The van der Waals surface area contributed by atoms with Crippen LogP contribution in [0.1, 0.15) is 28.5 Å². The smallest absolute Gasteiger partial charge is 0.311 e. The number of nitrogens with one attached hydrogen (secondary N) is 1. The number of hydrogen-bond acceptors (Lipinski definition) is 8. The van der Waals surface area contributed by atoms with Gasteiger partial charge in [-0.1, -0.05) is 24.3 Å². The maximum Gasteiger partial charge on any atom is 0.311 e. The SMILES string of the molecule is CCOC(=O)Cc1csc(N/N=C\c2ccc(C(=O)[O-])cc2)n1. The van der Waals surface area contributed by atoms with E-state index in [1.54, 1.807) is 24.4 Å². The van der Waals surface area contributed by atoms with Crippen LogP contribution in [0.3, 0.4) is 0 Å². The van der Waals surface area contributed by atoms with Crippen LogP contribution in [-0.4, -0.2) is 29.7 Å². The lowest BCUT2D eigenvalue weighted by Crippen LogP contribution is -2.21. The van der Waals surface area contributed by atoms with E-state index in [0.29, 0.717) is 17.4 Å².